The van der Waals surface area contributed by atoms with Gasteiger partial charge in [0.1, 0.15) is 10.6 Å². The number of anilines is 2. The SMILES string of the molecule is O=C(c1sc2cc(Cl)ccc2c1Cl)N1CCN(c2ccc([N+](=O)[O-])c(N3CCCCC3)c2)CC1. The van der Waals surface area contributed by atoms with Crippen LogP contribution in [-0.4, -0.2) is 55.0 Å². The highest BCUT2D eigenvalue weighted by Gasteiger charge is 2.28. The van der Waals surface area contributed by atoms with Gasteiger partial charge in [0, 0.05) is 66.1 Å². The van der Waals surface area contributed by atoms with Crippen LogP contribution >= 0.6 is 34.5 Å². The molecule has 0 N–H and O–H groups in total. The first kappa shape index (κ1) is 23.2. The molecule has 0 saturated carbocycles. The zero-order valence-corrected chi connectivity index (χ0v) is 20.8. The summed E-state index contributed by atoms with van der Waals surface area (Å²) < 4.78 is 0.899. The number of fused-ring (bicyclic) bond motifs is 1. The smallest absolute Gasteiger partial charge is 0.292 e. The molecular weight excluding hydrogens is 495 g/mol. The molecule has 178 valence electrons. The molecule has 1 aromatic heterocycles. The fraction of sp³-hybridized carbons (Fsp3) is 0.375. The summed E-state index contributed by atoms with van der Waals surface area (Å²) in [6.07, 6.45) is 3.26. The van der Waals surface area contributed by atoms with Crippen LogP contribution in [0.15, 0.2) is 36.4 Å². The fourth-order valence-corrected chi connectivity index (χ4v) is 6.49. The number of nitro benzene ring substituents is 1. The second kappa shape index (κ2) is 9.60. The number of amides is 1. The monoisotopic (exact) mass is 518 g/mol. The van der Waals surface area contributed by atoms with Crippen molar-refractivity contribution >= 4 is 67.6 Å². The first-order valence-corrected chi connectivity index (χ1v) is 12.9. The van der Waals surface area contributed by atoms with Gasteiger partial charge in [0.25, 0.3) is 11.6 Å². The summed E-state index contributed by atoms with van der Waals surface area (Å²) in [5.74, 6) is -0.0697. The van der Waals surface area contributed by atoms with Crippen LogP contribution in [0.5, 0.6) is 0 Å². The van der Waals surface area contributed by atoms with Crippen molar-refractivity contribution in [2.24, 2.45) is 0 Å². The summed E-state index contributed by atoms with van der Waals surface area (Å²) in [6, 6.07) is 10.8. The molecule has 5 rings (SSSR count). The topological polar surface area (TPSA) is 69.9 Å². The number of carbonyl (C=O) groups is 1. The lowest BCUT2D eigenvalue weighted by atomic mass is 10.1. The van der Waals surface area contributed by atoms with E-state index in [4.69, 9.17) is 23.2 Å². The van der Waals surface area contributed by atoms with E-state index in [9.17, 15) is 14.9 Å². The molecular formula is C24H24Cl2N4O3S. The summed E-state index contributed by atoms with van der Waals surface area (Å²) in [5, 5.41) is 13.6. The standard InChI is InChI=1S/C24H24Cl2N4O3S/c25-16-4-6-18-21(14-16)34-23(22(18)26)24(31)29-12-10-27(11-13-29)17-5-7-19(30(32)33)20(15-17)28-8-2-1-3-9-28/h4-7,14-15H,1-3,8-13H2. The van der Waals surface area contributed by atoms with E-state index < -0.39 is 0 Å². The Hall–Kier alpha value is -2.55. The molecule has 0 spiro atoms. The van der Waals surface area contributed by atoms with Crippen LogP contribution < -0.4 is 9.80 Å². The lowest BCUT2D eigenvalue weighted by molar-refractivity contribution is -0.384. The molecule has 7 nitrogen and oxygen atoms in total. The van der Waals surface area contributed by atoms with E-state index >= 15 is 0 Å². The molecule has 2 fully saturated rings. The summed E-state index contributed by atoms with van der Waals surface area (Å²) in [6.45, 7) is 4.09. The minimum absolute atomic E-state index is 0.0697. The highest BCUT2D eigenvalue weighted by atomic mass is 35.5. The average molecular weight is 519 g/mol. The van der Waals surface area contributed by atoms with Crippen molar-refractivity contribution in [3.8, 4) is 0 Å². The first-order chi connectivity index (χ1) is 16.4. The summed E-state index contributed by atoms with van der Waals surface area (Å²) in [5.41, 5.74) is 1.79. The maximum Gasteiger partial charge on any atom is 0.292 e. The van der Waals surface area contributed by atoms with E-state index in [2.05, 4.69) is 9.80 Å². The normalized spacial score (nSPS) is 16.8. The molecule has 2 aliphatic rings. The molecule has 2 saturated heterocycles. The van der Waals surface area contributed by atoms with Gasteiger partial charge in [-0.15, -0.1) is 11.3 Å². The number of halogens is 2. The Labute approximate surface area is 211 Å². The second-order valence-electron chi connectivity index (χ2n) is 8.64. The Morgan fingerprint density at radius 3 is 2.35 bits per heavy atom. The highest BCUT2D eigenvalue weighted by Crippen LogP contribution is 2.38. The van der Waals surface area contributed by atoms with Crippen molar-refractivity contribution in [2.45, 2.75) is 19.3 Å². The molecule has 3 heterocycles. The van der Waals surface area contributed by atoms with Gasteiger partial charge in [0.2, 0.25) is 0 Å². The summed E-state index contributed by atoms with van der Waals surface area (Å²) in [4.78, 5) is 31.2. The van der Waals surface area contributed by atoms with Gasteiger partial charge in [-0.2, -0.15) is 0 Å². The number of hydrogen-bond donors (Lipinski definition) is 0. The van der Waals surface area contributed by atoms with Crippen molar-refractivity contribution in [1.82, 2.24) is 4.90 Å². The van der Waals surface area contributed by atoms with Crippen molar-refractivity contribution < 1.29 is 9.72 Å². The zero-order valence-electron chi connectivity index (χ0n) is 18.5. The van der Waals surface area contributed by atoms with Gasteiger partial charge in [-0.25, -0.2) is 0 Å². The number of nitro groups is 1. The molecule has 0 bridgehead atoms. The Bertz CT molecular complexity index is 1250. The molecule has 34 heavy (non-hydrogen) atoms. The van der Waals surface area contributed by atoms with Crippen LogP contribution in [-0.2, 0) is 0 Å². The molecule has 3 aromatic rings. The average Bonchev–Trinajstić information content (AvgIpc) is 3.19. The fourth-order valence-electron chi connectivity index (χ4n) is 4.74. The number of nitrogens with zero attached hydrogens (tertiary/aromatic N) is 4. The molecule has 2 aliphatic heterocycles. The third kappa shape index (κ3) is 4.42. The van der Waals surface area contributed by atoms with Gasteiger partial charge < -0.3 is 14.7 Å². The van der Waals surface area contributed by atoms with E-state index in [0.717, 1.165) is 48.1 Å². The largest absolute Gasteiger partial charge is 0.368 e. The van der Waals surface area contributed by atoms with Crippen molar-refractivity contribution in [1.29, 1.82) is 0 Å². The van der Waals surface area contributed by atoms with Crippen LogP contribution in [0.3, 0.4) is 0 Å². The van der Waals surface area contributed by atoms with E-state index in [1.807, 2.05) is 29.2 Å². The Morgan fingerprint density at radius 1 is 0.912 bits per heavy atom. The number of hydrogen-bond acceptors (Lipinski definition) is 6. The molecule has 0 radical (unpaired) electrons. The molecule has 1 amide bonds. The zero-order chi connectivity index (χ0) is 23.8. The summed E-state index contributed by atoms with van der Waals surface area (Å²) >= 11 is 14.0. The third-order valence-corrected chi connectivity index (χ3v) is 8.45. The molecule has 10 heteroatoms. The van der Waals surface area contributed by atoms with Crippen molar-refractivity contribution in [2.75, 3.05) is 49.1 Å². The maximum absolute atomic E-state index is 13.2. The minimum Gasteiger partial charge on any atom is -0.368 e. The Kier molecular flexibility index (Phi) is 6.55. The van der Waals surface area contributed by atoms with E-state index in [-0.39, 0.29) is 16.5 Å². The van der Waals surface area contributed by atoms with E-state index in [1.54, 1.807) is 12.1 Å². The predicted octanol–water partition coefficient (Wildman–Crippen LogP) is 6.07. The van der Waals surface area contributed by atoms with Crippen LogP contribution in [0, 0.1) is 10.1 Å². The van der Waals surface area contributed by atoms with Gasteiger partial charge in [-0.3, -0.25) is 14.9 Å². The second-order valence-corrected chi connectivity index (χ2v) is 10.5. The maximum atomic E-state index is 13.2. The third-order valence-electron chi connectivity index (χ3n) is 6.57. The Morgan fingerprint density at radius 2 is 1.65 bits per heavy atom. The van der Waals surface area contributed by atoms with Gasteiger partial charge in [-0.1, -0.05) is 29.3 Å². The van der Waals surface area contributed by atoms with Gasteiger partial charge in [-0.05, 0) is 43.5 Å². The van der Waals surface area contributed by atoms with Gasteiger partial charge in [0.15, 0.2) is 0 Å². The molecule has 0 unspecified atom stereocenters. The van der Waals surface area contributed by atoms with Crippen LogP contribution in [0.4, 0.5) is 17.1 Å². The number of piperidine rings is 1. The van der Waals surface area contributed by atoms with Crippen molar-refractivity contribution in [3.05, 3.63) is 61.4 Å². The molecule has 0 atom stereocenters. The van der Waals surface area contributed by atoms with Crippen LogP contribution in [0.2, 0.25) is 10.0 Å². The quantitative estimate of drug-likeness (QED) is 0.309. The number of piperazine rings is 1. The molecule has 0 aliphatic carbocycles. The van der Waals surface area contributed by atoms with Crippen LogP contribution in [0.1, 0.15) is 28.9 Å². The summed E-state index contributed by atoms with van der Waals surface area (Å²) in [7, 11) is 0. The number of benzene rings is 2. The highest BCUT2D eigenvalue weighted by molar-refractivity contribution is 7.21. The first-order valence-electron chi connectivity index (χ1n) is 11.4. The van der Waals surface area contributed by atoms with Crippen molar-refractivity contribution in [3.63, 3.8) is 0 Å². The van der Waals surface area contributed by atoms with E-state index in [1.165, 1.54) is 11.3 Å². The molecule has 2 aromatic carbocycles. The lowest BCUT2D eigenvalue weighted by Crippen LogP contribution is -2.48. The predicted molar refractivity (Wildman–Crippen MR) is 139 cm³/mol. The van der Waals surface area contributed by atoms with Gasteiger partial charge in [0.05, 0.1) is 9.95 Å². The number of carbonyl (C=O) groups excluding carboxylic acids is 1. The minimum atomic E-state index is -0.299. The number of thiophene rings is 1. The number of rotatable bonds is 4. The van der Waals surface area contributed by atoms with Crippen LogP contribution in [0.25, 0.3) is 10.1 Å². The van der Waals surface area contributed by atoms with E-state index in [0.29, 0.717) is 46.8 Å². The van der Waals surface area contributed by atoms with Gasteiger partial charge >= 0.3 is 0 Å². The lowest BCUT2D eigenvalue weighted by Gasteiger charge is -2.36. The Balaban J connectivity index is 1.32.